The van der Waals surface area contributed by atoms with Crippen LogP contribution in [0.1, 0.15) is 52.4 Å². The van der Waals surface area contributed by atoms with Crippen molar-refractivity contribution in [3.63, 3.8) is 0 Å². The highest BCUT2D eigenvalue weighted by molar-refractivity contribution is 5.82. The fourth-order valence-electron chi connectivity index (χ4n) is 4.60. The molecule has 2 nitrogen and oxygen atoms in total. The van der Waals surface area contributed by atoms with E-state index in [4.69, 9.17) is 10.7 Å². The van der Waals surface area contributed by atoms with Gasteiger partial charge in [-0.15, -0.1) is 0 Å². The van der Waals surface area contributed by atoms with Gasteiger partial charge in [-0.1, -0.05) is 13.8 Å². The first kappa shape index (κ1) is 10.6. The third-order valence-corrected chi connectivity index (χ3v) is 4.96. The van der Waals surface area contributed by atoms with Crippen LogP contribution in [0.3, 0.4) is 0 Å². The van der Waals surface area contributed by atoms with Crippen LogP contribution < -0.4 is 5.73 Å². The second-order valence-corrected chi connectivity index (χ2v) is 6.83. The Hall–Kier alpha value is -0.530. The van der Waals surface area contributed by atoms with Crippen LogP contribution in [0.25, 0.3) is 0 Å². The highest BCUT2D eigenvalue weighted by Crippen LogP contribution is 2.57. The van der Waals surface area contributed by atoms with E-state index < -0.39 is 0 Å². The van der Waals surface area contributed by atoms with Crippen LogP contribution in [0.2, 0.25) is 0 Å². The Morgan fingerprint density at radius 2 is 1.50 bits per heavy atom. The first-order chi connectivity index (χ1) is 7.56. The predicted octanol–water partition coefficient (Wildman–Crippen LogP) is 2.97. The van der Waals surface area contributed by atoms with Gasteiger partial charge in [0.15, 0.2) is 0 Å². The zero-order chi connectivity index (χ0) is 11.3. The molecule has 0 aromatic carbocycles. The molecule has 0 aromatic rings. The summed E-state index contributed by atoms with van der Waals surface area (Å²) in [6.45, 7) is 4.30. The Kier molecular flexibility index (Phi) is 2.31. The number of rotatable bonds is 2. The molecule has 2 heteroatoms. The van der Waals surface area contributed by atoms with Crippen LogP contribution >= 0.6 is 0 Å². The van der Waals surface area contributed by atoms with Gasteiger partial charge in [0.1, 0.15) is 0 Å². The van der Waals surface area contributed by atoms with E-state index in [-0.39, 0.29) is 5.54 Å². The maximum absolute atomic E-state index is 6.09. The predicted molar refractivity (Wildman–Crippen MR) is 67.4 cm³/mol. The van der Waals surface area contributed by atoms with Gasteiger partial charge in [0.2, 0.25) is 0 Å². The Morgan fingerprint density at radius 1 is 1.06 bits per heavy atom. The van der Waals surface area contributed by atoms with Crippen LogP contribution in [0.5, 0.6) is 0 Å². The van der Waals surface area contributed by atoms with Gasteiger partial charge in [0.25, 0.3) is 0 Å². The van der Waals surface area contributed by atoms with E-state index in [1.165, 1.54) is 38.5 Å². The molecule has 90 valence electrons. The van der Waals surface area contributed by atoms with Crippen molar-refractivity contribution in [1.29, 1.82) is 0 Å². The normalized spacial score (nSPS) is 46.7. The topological polar surface area (TPSA) is 38.4 Å². The second kappa shape index (κ2) is 3.48. The molecule has 0 atom stereocenters. The Bertz CT molecular complexity index is 281. The van der Waals surface area contributed by atoms with Gasteiger partial charge >= 0.3 is 0 Å². The van der Waals surface area contributed by atoms with Crippen molar-refractivity contribution >= 4 is 5.84 Å². The molecular weight excluding hydrogens is 196 g/mol. The van der Waals surface area contributed by atoms with Crippen LogP contribution in [0.15, 0.2) is 4.99 Å². The Balaban J connectivity index is 1.86. The van der Waals surface area contributed by atoms with E-state index in [1.807, 2.05) is 0 Å². The number of nitrogens with two attached hydrogens (primary N) is 1. The van der Waals surface area contributed by atoms with Crippen molar-refractivity contribution < 1.29 is 0 Å². The minimum Gasteiger partial charge on any atom is -0.387 e. The van der Waals surface area contributed by atoms with Crippen molar-refractivity contribution in [2.75, 3.05) is 0 Å². The first-order valence-corrected chi connectivity index (χ1v) is 6.91. The molecule has 16 heavy (non-hydrogen) atoms. The van der Waals surface area contributed by atoms with Crippen LogP contribution in [0.4, 0.5) is 0 Å². The largest absolute Gasteiger partial charge is 0.387 e. The van der Waals surface area contributed by atoms with E-state index in [0.717, 1.165) is 23.6 Å². The molecule has 4 fully saturated rings. The van der Waals surface area contributed by atoms with Crippen molar-refractivity contribution in [3.8, 4) is 0 Å². The van der Waals surface area contributed by atoms with E-state index >= 15 is 0 Å². The maximum atomic E-state index is 6.09. The number of nitrogens with zero attached hydrogens (tertiary/aromatic N) is 1. The van der Waals surface area contributed by atoms with Gasteiger partial charge in [0, 0.05) is 5.92 Å². The average Bonchev–Trinajstić information content (AvgIpc) is 2.13. The lowest BCUT2D eigenvalue weighted by Crippen LogP contribution is -2.50. The van der Waals surface area contributed by atoms with Gasteiger partial charge in [-0.05, 0) is 56.3 Å². The summed E-state index contributed by atoms with van der Waals surface area (Å²) in [7, 11) is 0. The molecule has 0 aromatic heterocycles. The molecule has 0 heterocycles. The summed E-state index contributed by atoms with van der Waals surface area (Å²) in [5, 5.41) is 0. The lowest BCUT2D eigenvalue weighted by molar-refractivity contribution is 0.00144. The van der Waals surface area contributed by atoms with Crippen molar-refractivity contribution in [2.45, 2.75) is 57.9 Å². The van der Waals surface area contributed by atoms with Gasteiger partial charge in [-0.25, -0.2) is 0 Å². The fourth-order valence-corrected chi connectivity index (χ4v) is 4.60. The van der Waals surface area contributed by atoms with Crippen molar-refractivity contribution in [2.24, 2.45) is 34.4 Å². The molecule has 0 saturated heterocycles. The Labute approximate surface area is 98.7 Å². The monoisotopic (exact) mass is 220 g/mol. The maximum Gasteiger partial charge on any atom is 0.0969 e. The molecular formula is C14H24N2. The molecule has 0 spiro atoms. The molecule has 0 amide bonds. The third-order valence-electron chi connectivity index (χ3n) is 4.96. The lowest BCUT2D eigenvalue weighted by Gasteiger charge is -2.55. The zero-order valence-electron chi connectivity index (χ0n) is 10.6. The summed E-state index contributed by atoms with van der Waals surface area (Å²) in [5.74, 6) is 4.20. The molecule has 4 aliphatic rings. The summed E-state index contributed by atoms with van der Waals surface area (Å²) in [6.07, 6.45) is 8.42. The van der Waals surface area contributed by atoms with Gasteiger partial charge in [0.05, 0.1) is 11.4 Å². The van der Waals surface area contributed by atoms with Crippen LogP contribution in [-0.4, -0.2) is 11.4 Å². The van der Waals surface area contributed by atoms with Gasteiger partial charge in [-0.2, -0.15) is 0 Å². The molecule has 0 aliphatic heterocycles. The summed E-state index contributed by atoms with van der Waals surface area (Å²) in [6, 6.07) is 0. The molecule has 4 rings (SSSR count). The van der Waals surface area contributed by atoms with Crippen LogP contribution in [0, 0.1) is 23.7 Å². The summed E-state index contributed by atoms with van der Waals surface area (Å²) < 4.78 is 0. The SMILES string of the molecule is CC(C)C(N)=NC12CC3CC(CC(C3)C1)C2. The quantitative estimate of drug-likeness (QED) is 0.564. The third kappa shape index (κ3) is 1.66. The number of aliphatic imine (C=N–C) groups is 1. The summed E-state index contributed by atoms with van der Waals surface area (Å²) in [4.78, 5) is 4.96. The molecule has 0 radical (unpaired) electrons. The molecule has 4 aliphatic carbocycles. The smallest absolute Gasteiger partial charge is 0.0969 e. The highest BCUT2D eigenvalue weighted by Gasteiger charge is 2.51. The number of amidine groups is 1. The summed E-state index contributed by atoms with van der Waals surface area (Å²) >= 11 is 0. The summed E-state index contributed by atoms with van der Waals surface area (Å²) in [5.41, 5.74) is 6.35. The zero-order valence-corrected chi connectivity index (χ0v) is 10.6. The molecule has 4 bridgehead atoms. The van der Waals surface area contributed by atoms with E-state index in [9.17, 15) is 0 Å². The van der Waals surface area contributed by atoms with Gasteiger partial charge < -0.3 is 5.73 Å². The van der Waals surface area contributed by atoms with E-state index in [1.54, 1.807) is 0 Å². The van der Waals surface area contributed by atoms with E-state index in [2.05, 4.69) is 13.8 Å². The Morgan fingerprint density at radius 3 is 1.88 bits per heavy atom. The van der Waals surface area contributed by atoms with Crippen molar-refractivity contribution in [1.82, 2.24) is 0 Å². The minimum absolute atomic E-state index is 0.267. The molecule has 0 unspecified atom stereocenters. The molecule has 4 saturated carbocycles. The van der Waals surface area contributed by atoms with E-state index in [0.29, 0.717) is 5.92 Å². The standard InChI is InChI=1S/C14H24N2/c1-9(2)13(15)16-14-6-10-3-11(7-14)5-12(4-10)8-14/h9-12H,3-8H2,1-2H3,(H2,15,16). The lowest BCUT2D eigenvalue weighted by atomic mass is 9.53. The number of hydrogen-bond acceptors (Lipinski definition) is 1. The fraction of sp³-hybridized carbons (Fsp3) is 0.929. The molecule has 2 N–H and O–H groups in total. The van der Waals surface area contributed by atoms with Crippen LogP contribution in [-0.2, 0) is 0 Å². The first-order valence-electron chi connectivity index (χ1n) is 6.91. The van der Waals surface area contributed by atoms with Gasteiger partial charge in [-0.3, -0.25) is 4.99 Å². The highest BCUT2D eigenvalue weighted by atomic mass is 15.0. The minimum atomic E-state index is 0.267. The van der Waals surface area contributed by atoms with Crippen molar-refractivity contribution in [3.05, 3.63) is 0 Å². The number of hydrogen-bond donors (Lipinski definition) is 1. The average molecular weight is 220 g/mol. The second-order valence-electron chi connectivity index (χ2n) is 6.83.